The van der Waals surface area contributed by atoms with Crippen LogP contribution in [0.5, 0.6) is 0 Å². The molecule has 106 valence electrons. The fourth-order valence-corrected chi connectivity index (χ4v) is 2.86. The number of nitrogens with one attached hydrogen (secondary N) is 1. The SMILES string of the molecule is CC(O)C1CCN(C(=O)c2c[nH]c3cc(N)ccc23)C1. The third-order valence-electron chi connectivity index (χ3n) is 4.13. The molecule has 1 aromatic heterocycles. The molecule has 1 aromatic carbocycles. The highest BCUT2D eigenvalue weighted by atomic mass is 16.3. The molecule has 2 unspecified atom stereocenters. The van der Waals surface area contributed by atoms with Crippen LogP contribution in [0.2, 0.25) is 0 Å². The van der Waals surface area contributed by atoms with E-state index >= 15 is 0 Å². The van der Waals surface area contributed by atoms with Crippen LogP contribution >= 0.6 is 0 Å². The molecule has 2 aromatic rings. The van der Waals surface area contributed by atoms with Crippen molar-refractivity contribution in [3.8, 4) is 0 Å². The summed E-state index contributed by atoms with van der Waals surface area (Å²) < 4.78 is 0. The second kappa shape index (κ2) is 4.83. The number of nitrogen functional groups attached to an aromatic ring is 1. The Kier molecular flexibility index (Phi) is 3.14. The first kappa shape index (κ1) is 13.0. The molecular weight excluding hydrogens is 254 g/mol. The van der Waals surface area contributed by atoms with Gasteiger partial charge in [-0.05, 0) is 31.5 Å². The Morgan fingerprint density at radius 2 is 2.35 bits per heavy atom. The zero-order chi connectivity index (χ0) is 14.3. The highest BCUT2D eigenvalue weighted by Gasteiger charge is 2.30. The number of aliphatic hydroxyl groups excluding tert-OH is 1. The van der Waals surface area contributed by atoms with Gasteiger partial charge in [-0.2, -0.15) is 0 Å². The number of likely N-dealkylation sites (tertiary alicyclic amines) is 1. The monoisotopic (exact) mass is 273 g/mol. The van der Waals surface area contributed by atoms with E-state index in [4.69, 9.17) is 5.73 Å². The van der Waals surface area contributed by atoms with E-state index in [-0.39, 0.29) is 17.9 Å². The van der Waals surface area contributed by atoms with Gasteiger partial charge in [0.1, 0.15) is 0 Å². The Bertz CT molecular complexity index is 648. The molecule has 4 N–H and O–H groups in total. The summed E-state index contributed by atoms with van der Waals surface area (Å²) in [5, 5.41) is 10.5. The van der Waals surface area contributed by atoms with Crippen LogP contribution in [0.25, 0.3) is 10.9 Å². The van der Waals surface area contributed by atoms with Gasteiger partial charge in [0.25, 0.3) is 5.91 Å². The van der Waals surface area contributed by atoms with Crippen molar-refractivity contribution in [3.05, 3.63) is 30.0 Å². The topological polar surface area (TPSA) is 82.3 Å². The normalized spacial score (nSPS) is 20.5. The highest BCUT2D eigenvalue weighted by Crippen LogP contribution is 2.25. The number of carbonyl (C=O) groups excluding carboxylic acids is 1. The second-order valence-electron chi connectivity index (χ2n) is 5.55. The molecule has 0 saturated carbocycles. The predicted octanol–water partition coefficient (Wildman–Crippen LogP) is 1.59. The van der Waals surface area contributed by atoms with Gasteiger partial charge in [-0.15, -0.1) is 0 Å². The fourth-order valence-electron chi connectivity index (χ4n) is 2.86. The number of aliphatic hydroxyl groups is 1. The lowest BCUT2D eigenvalue weighted by molar-refractivity contribution is 0.0764. The third kappa shape index (κ3) is 2.14. The van der Waals surface area contributed by atoms with Gasteiger partial charge in [0.05, 0.1) is 11.7 Å². The molecule has 20 heavy (non-hydrogen) atoms. The number of aromatic amines is 1. The predicted molar refractivity (Wildman–Crippen MR) is 78.4 cm³/mol. The van der Waals surface area contributed by atoms with Crippen molar-refractivity contribution < 1.29 is 9.90 Å². The van der Waals surface area contributed by atoms with Gasteiger partial charge >= 0.3 is 0 Å². The Balaban J connectivity index is 1.86. The molecule has 2 heterocycles. The maximum atomic E-state index is 12.6. The Morgan fingerprint density at radius 3 is 3.05 bits per heavy atom. The van der Waals surface area contributed by atoms with Crippen LogP contribution in [0.1, 0.15) is 23.7 Å². The summed E-state index contributed by atoms with van der Waals surface area (Å²) in [4.78, 5) is 17.5. The van der Waals surface area contributed by atoms with Gasteiger partial charge in [0.2, 0.25) is 0 Å². The van der Waals surface area contributed by atoms with Gasteiger partial charge in [0.15, 0.2) is 0 Å². The Morgan fingerprint density at radius 1 is 1.55 bits per heavy atom. The van der Waals surface area contributed by atoms with E-state index in [0.29, 0.717) is 24.3 Å². The number of hydrogen-bond acceptors (Lipinski definition) is 3. The Labute approximate surface area is 117 Å². The number of nitrogens with two attached hydrogens (primary N) is 1. The van der Waals surface area contributed by atoms with Crippen LogP contribution in [-0.4, -0.2) is 40.1 Å². The summed E-state index contributed by atoms with van der Waals surface area (Å²) in [7, 11) is 0. The first-order valence-corrected chi connectivity index (χ1v) is 6.90. The van der Waals surface area contributed by atoms with Crippen molar-refractivity contribution in [1.82, 2.24) is 9.88 Å². The molecular formula is C15H19N3O2. The number of aromatic nitrogens is 1. The van der Waals surface area contributed by atoms with Crippen molar-refractivity contribution in [2.75, 3.05) is 18.8 Å². The van der Waals surface area contributed by atoms with Crippen molar-refractivity contribution in [2.45, 2.75) is 19.4 Å². The number of anilines is 1. The lowest BCUT2D eigenvalue weighted by Gasteiger charge is -2.17. The summed E-state index contributed by atoms with van der Waals surface area (Å²) in [6.07, 6.45) is 2.23. The van der Waals surface area contributed by atoms with E-state index in [1.54, 1.807) is 19.2 Å². The molecule has 1 saturated heterocycles. The lowest BCUT2D eigenvalue weighted by Crippen LogP contribution is -2.30. The molecule has 1 amide bonds. The van der Waals surface area contributed by atoms with Crippen LogP contribution < -0.4 is 5.73 Å². The first-order chi connectivity index (χ1) is 9.56. The molecule has 5 heteroatoms. The molecule has 0 bridgehead atoms. The minimum Gasteiger partial charge on any atom is -0.399 e. The quantitative estimate of drug-likeness (QED) is 0.727. The van der Waals surface area contributed by atoms with E-state index in [9.17, 15) is 9.90 Å². The van der Waals surface area contributed by atoms with Crippen molar-refractivity contribution in [1.29, 1.82) is 0 Å². The average Bonchev–Trinajstić information content (AvgIpc) is 3.04. The molecule has 0 spiro atoms. The second-order valence-corrected chi connectivity index (χ2v) is 5.55. The summed E-state index contributed by atoms with van der Waals surface area (Å²) in [6.45, 7) is 3.11. The van der Waals surface area contributed by atoms with E-state index in [1.165, 1.54) is 0 Å². The largest absolute Gasteiger partial charge is 0.399 e. The van der Waals surface area contributed by atoms with Gasteiger partial charge in [-0.1, -0.05) is 0 Å². The number of fused-ring (bicyclic) bond motifs is 1. The number of H-pyrrole nitrogens is 1. The molecule has 1 aliphatic rings. The molecule has 0 aliphatic carbocycles. The van der Waals surface area contributed by atoms with E-state index in [0.717, 1.165) is 17.3 Å². The maximum absolute atomic E-state index is 12.6. The first-order valence-electron chi connectivity index (χ1n) is 6.90. The molecule has 2 atom stereocenters. The van der Waals surface area contributed by atoms with Crippen LogP contribution in [0.4, 0.5) is 5.69 Å². The number of rotatable bonds is 2. The van der Waals surface area contributed by atoms with Crippen molar-refractivity contribution >= 4 is 22.5 Å². The van der Waals surface area contributed by atoms with E-state index in [2.05, 4.69) is 4.98 Å². The van der Waals surface area contributed by atoms with Crippen LogP contribution in [-0.2, 0) is 0 Å². The molecule has 3 rings (SSSR count). The van der Waals surface area contributed by atoms with Crippen LogP contribution in [0, 0.1) is 5.92 Å². The summed E-state index contributed by atoms with van der Waals surface area (Å²) in [6, 6.07) is 5.50. The average molecular weight is 273 g/mol. The summed E-state index contributed by atoms with van der Waals surface area (Å²) in [5.74, 6) is 0.198. The van der Waals surface area contributed by atoms with Crippen LogP contribution in [0.3, 0.4) is 0 Å². The zero-order valence-electron chi connectivity index (χ0n) is 11.5. The lowest BCUT2D eigenvalue weighted by atomic mass is 10.0. The minimum absolute atomic E-state index is 0.0178. The van der Waals surface area contributed by atoms with Crippen LogP contribution in [0.15, 0.2) is 24.4 Å². The van der Waals surface area contributed by atoms with E-state index in [1.807, 2.05) is 17.0 Å². The van der Waals surface area contributed by atoms with Crippen molar-refractivity contribution in [3.63, 3.8) is 0 Å². The Hall–Kier alpha value is -2.01. The number of amides is 1. The minimum atomic E-state index is -0.365. The molecule has 1 fully saturated rings. The molecule has 5 nitrogen and oxygen atoms in total. The fraction of sp³-hybridized carbons (Fsp3) is 0.400. The smallest absolute Gasteiger partial charge is 0.256 e. The van der Waals surface area contributed by atoms with Crippen molar-refractivity contribution in [2.24, 2.45) is 5.92 Å². The summed E-state index contributed by atoms with van der Waals surface area (Å²) in [5.41, 5.74) is 7.96. The number of benzene rings is 1. The molecule has 1 aliphatic heterocycles. The van der Waals surface area contributed by atoms with Gasteiger partial charge in [-0.3, -0.25) is 4.79 Å². The number of carbonyl (C=O) groups is 1. The highest BCUT2D eigenvalue weighted by molar-refractivity contribution is 6.07. The molecule has 0 radical (unpaired) electrons. The number of hydrogen-bond donors (Lipinski definition) is 3. The summed E-state index contributed by atoms with van der Waals surface area (Å²) >= 11 is 0. The number of nitrogens with zero attached hydrogens (tertiary/aromatic N) is 1. The van der Waals surface area contributed by atoms with E-state index < -0.39 is 0 Å². The third-order valence-corrected chi connectivity index (χ3v) is 4.13. The van der Waals surface area contributed by atoms with Gasteiger partial charge in [0, 0.05) is 41.8 Å². The van der Waals surface area contributed by atoms with Gasteiger partial charge < -0.3 is 20.7 Å². The zero-order valence-corrected chi connectivity index (χ0v) is 11.5. The standard InChI is InChI=1S/C15H19N3O2/c1-9(19)10-4-5-18(8-10)15(20)13-7-17-14-6-11(16)2-3-12(13)14/h2-3,6-7,9-10,17,19H,4-5,8,16H2,1H3. The maximum Gasteiger partial charge on any atom is 0.256 e. The van der Waals surface area contributed by atoms with Gasteiger partial charge in [-0.25, -0.2) is 0 Å².